The third-order valence-electron chi connectivity index (χ3n) is 3.79. The molecule has 6 heteroatoms. The van der Waals surface area contributed by atoms with E-state index in [2.05, 4.69) is 10.3 Å². The first-order valence-corrected chi connectivity index (χ1v) is 7.05. The average Bonchev–Trinajstić information content (AvgIpc) is 2.97. The van der Waals surface area contributed by atoms with E-state index in [1.165, 1.54) is 0 Å². The second-order valence-electron chi connectivity index (χ2n) is 5.33. The molecule has 3 rings (SSSR count). The van der Waals surface area contributed by atoms with Crippen LogP contribution < -0.4 is 0 Å². The molecule has 0 N–H and O–H groups in total. The molecule has 0 spiro atoms. The van der Waals surface area contributed by atoms with Crippen molar-refractivity contribution in [1.29, 1.82) is 0 Å². The number of likely N-dealkylation sites (tertiary alicyclic amines) is 1. The van der Waals surface area contributed by atoms with Gasteiger partial charge in [0.05, 0.1) is 18.8 Å². The third kappa shape index (κ3) is 2.78. The minimum Gasteiger partial charge on any atom is -0.375 e. The van der Waals surface area contributed by atoms with E-state index in [1.807, 2.05) is 22.7 Å². The Kier molecular flexibility index (Phi) is 3.50. The number of carbonyl (C=O) groups excluding carboxylic acids is 1. The van der Waals surface area contributed by atoms with Crippen LogP contribution in [0.25, 0.3) is 0 Å². The fourth-order valence-electron chi connectivity index (χ4n) is 2.51. The maximum absolute atomic E-state index is 12.0. The molecule has 19 heavy (non-hydrogen) atoms. The van der Waals surface area contributed by atoms with Crippen LogP contribution in [0.5, 0.6) is 0 Å². The van der Waals surface area contributed by atoms with Gasteiger partial charge in [0.1, 0.15) is 5.69 Å². The molecule has 6 nitrogen and oxygen atoms in total. The zero-order chi connectivity index (χ0) is 13.2. The van der Waals surface area contributed by atoms with Gasteiger partial charge < -0.3 is 9.64 Å². The lowest BCUT2D eigenvalue weighted by molar-refractivity contribution is -0.131. The summed E-state index contributed by atoms with van der Waals surface area (Å²) in [7, 11) is 0. The van der Waals surface area contributed by atoms with Crippen molar-refractivity contribution in [2.24, 2.45) is 5.92 Å². The van der Waals surface area contributed by atoms with Gasteiger partial charge in [-0.05, 0) is 26.2 Å². The van der Waals surface area contributed by atoms with Crippen molar-refractivity contribution >= 4 is 5.91 Å². The minimum absolute atomic E-state index is 0.269. The standard InChI is InChI=1S/C13H20N4O2/c1-2-19-9-11-7-17(15-14-11)12-5-6-16(8-12)13(18)10-3-4-10/h7,10,12H,2-6,8-9H2,1H3. The van der Waals surface area contributed by atoms with E-state index in [-0.39, 0.29) is 6.04 Å². The summed E-state index contributed by atoms with van der Waals surface area (Å²) in [5, 5.41) is 8.25. The van der Waals surface area contributed by atoms with Crippen molar-refractivity contribution in [1.82, 2.24) is 19.9 Å². The third-order valence-corrected chi connectivity index (χ3v) is 3.79. The zero-order valence-corrected chi connectivity index (χ0v) is 11.3. The van der Waals surface area contributed by atoms with Crippen LogP contribution in [-0.2, 0) is 16.1 Å². The van der Waals surface area contributed by atoms with Crippen molar-refractivity contribution < 1.29 is 9.53 Å². The number of amides is 1. The second kappa shape index (κ2) is 5.28. The molecule has 1 saturated heterocycles. The lowest BCUT2D eigenvalue weighted by atomic mass is 10.3. The highest BCUT2D eigenvalue weighted by Gasteiger charge is 2.37. The maximum atomic E-state index is 12.0. The highest BCUT2D eigenvalue weighted by molar-refractivity contribution is 5.81. The molecular weight excluding hydrogens is 244 g/mol. The summed E-state index contributed by atoms with van der Waals surface area (Å²) in [5.41, 5.74) is 0.855. The zero-order valence-electron chi connectivity index (χ0n) is 11.3. The summed E-state index contributed by atoms with van der Waals surface area (Å²) in [4.78, 5) is 14.0. The number of rotatable bonds is 5. The quantitative estimate of drug-likeness (QED) is 0.796. The number of nitrogens with zero attached hydrogens (tertiary/aromatic N) is 4. The van der Waals surface area contributed by atoms with Gasteiger partial charge in [0.2, 0.25) is 5.91 Å². The average molecular weight is 264 g/mol. The normalized spacial score (nSPS) is 23.0. The molecule has 1 aromatic rings. The van der Waals surface area contributed by atoms with Crippen molar-refractivity contribution in [2.45, 2.75) is 38.8 Å². The van der Waals surface area contributed by atoms with Crippen LogP contribution in [0.1, 0.15) is 37.9 Å². The molecule has 0 aromatic carbocycles. The van der Waals surface area contributed by atoms with Gasteiger partial charge >= 0.3 is 0 Å². The molecule has 1 atom stereocenters. The van der Waals surface area contributed by atoms with Crippen molar-refractivity contribution in [3.05, 3.63) is 11.9 Å². The Balaban J connectivity index is 1.57. The topological polar surface area (TPSA) is 60.2 Å². The molecule has 2 heterocycles. The van der Waals surface area contributed by atoms with Crippen molar-refractivity contribution in [3.8, 4) is 0 Å². The molecule has 1 aromatic heterocycles. The van der Waals surface area contributed by atoms with Crippen LogP contribution in [0.15, 0.2) is 6.20 Å². The SMILES string of the molecule is CCOCc1cn(C2CCN(C(=O)C3CC3)C2)nn1. The first kappa shape index (κ1) is 12.6. The van der Waals surface area contributed by atoms with Gasteiger partial charge in [0.15, 0.2) is 0 Å². The van der Waals surface area contributed by atoms with Gasteiger partial charge in [-0.2, -0.15) is 0 Å². The number of hydrogen-bond acceptors (Lipinski definition) is 4. The van der Waals surface area contributed by atoms with E-state index in [0.717, 1.165) is 38.0 Å². The summed E-state index contributed by atoms with van der Waals surface area (Å²) in [6.45, 7) is 4.77. The van der Waals surface area contributed by atoms with Gasteiger partial charge in [0.25, 0.3) is 0 Å². The van der Waals surface area contributed by atoms with E-state index in [0.29, 0.717) is 25.0 Å². The number of carbonyl (C=O) groups is 1. The summed E-state index contributed by atoms with van der Waals surface area (Å²) >= 11 is 0. The summed E-state index contributed by atoms with van der Waals surface area (Å²) in [5.74, 6) is 0.639. The number of hydrogen-bond donors (Lipinski definition) is 0. The lowest BCUT2D eigenvalue weighted by Gasteiger charge is -2.15. The van der Waals surface area contributed by atoms with Crippen LogP contribution in [0.3, 0.4) is 0 Å². The molecule has 0 radical (unpaired) electrons. The van der Waals surface area contributed by atoms with Crippen LogP contribution in [0, 0.1) is 5.92 Å². The molecule has 1 amide bonds. The van der Waals surface area contributed by atoms with Crippen molar-refractivity contribution in [3.63, 3.8) is 0 Å². The Bertz CT molecular complexity index is 455. The first-order chi connectivity index (χ1) is 9.28. The van der Waals surface area contributed by atoms with E-state index < -0.39 is 0 Å². The van der Waals surface area contributed by atoms with Crippen LogP contribution >= 0.6 is 0 Å². The van der Waals surface area contributed by atoms with Crippen LogP contribution in [0.4, 0.5) is 0 Å². The van der Waals surface area contributed by atoms with E-state index >= 15 is 0 Å². The molecular formula is C13H20N4O2. The van der Waals surface area contributed by atoms with E-state index in [4.69, 9.17) is 4.74 Å². The van der Waals surface area contributed by atoms with Gasteiger partial charge in [-0.25, -0.2) is 4.68 Å². The summed E-state index contributed by atoms with van der Waals surface area (Å²) in [6, 6.07) is 0.269. The van der Waals surface area contributed by atoms with Crippen LogP contribution in [0.2, 0.25) is 0 Å². The second-order valence-corrected chi connectivity index (χ2v) is 5.33. The Hall–Kier alpha value is -1.43. The smallest absolute Gasteiger partial charge is 0.225 e. The fraction of sp³-hybridized carbons (Fsp3) is 0.769. The predicted molar refractivity (Wildman–Crippen MR) is 68.3 cm³/mol. The first-order valence-electron chi connectivity index (χ1n) is 7.05. The Morgan fingerprint density at radius 3 is 3.05 bits per heavy atom. The minimum atomic E-state index is 0.269. The fourth-order valence-corrected chi connectivity index (χ4v) is 2.51. The number of ether oxygens (including phenoxy) is 1. The van der Waals surface area contributed by atoms with E-state index in [9.17, 15) is 4.79 Å². The molecule has 0 bridgehead atoms. The summed E-state index contributed by atoms with van der Waals surface area (Å²) in [6.07, 6.45) is 5.05. The monoisotopic (exact) mass is 264 g/mol. The molecule has 2 aliphatic rings. The van der Waals surface area contributed by atoms with Gasteiger partial charge in [-0.15, -0.1) is 5.10 Å². The Morgan fingerprint density at radius 1 is 1.47 bits per heavy atom. The van der Waals surface area contributed by atoms with Crippen molar-refractivity contribution in [2.75, 3.05) is 19.7 Å². The molecule has 1 aliphatic carbocycles. The van der Waals surface area contributed by atoms with Gasteiger partial charge in [-0.3, -0.25) is 4.79 Å². The Labute approximate surface area is 112 Å². The largest absolute Gasteiger partial charge is 0.375 e. The van der Waals surface area contributed by atoms with Crippen LogP contribution in [-0.4, -0.2) is 45.5 Å². The summed E-state index contributed by atoms with van der Waals surface area (Å²) < 4.78 is 7.20. The Morgan fingerprint density at radius 2 is 2.32 bits per heavy atom. The lowest BCUT2D eigenvalue weighted by Crippen LogP contribution is -2.30. The molecule has 1 aliphatic heterocycles. The molecule has 1 saturated carbocycles. The molecule has 1 unspecified atom stereocenters. The number of aromatic nitrogens is 3. The van der Waals surface area contributed by atoms with Gasteiger partial charge in [-0.1, -0.05) is 5.21 Å². The molecule has 2 fully saturated rings. The molecule has 104 valence electrons. The van der Waals surface area contributed by atoms with Gasteiger partial charge in [0, 0.05) is 25.6 Å². The highest BCUT2D eigenvalue weighted by Crippen LogP contribution is 2.33. The highest BCUT2D eigenvalue weighted by atomic mass is 16.5. The van der Waals surface area contributed by atoms with E-state index in [1.54, 1.807) is 0 Å². The predicted octanol–water partition coefficient (Wildman–Crippen LogP) is 0.998. The maximum Gasteiger partial charge on any atom is 0.225 e.